The van der Waals surface area contributed by atoms with Gasteiger partial charge in [0, 0.05) is 12.1 Å². The summed E-state index contributed by atoms with van der Waals surface area (Å²) in [6.45, 7) is 0.529. The van der Waals surface area contributed by atoms with E-state index >= 15 is 0 Å². The maximum Gasteiger partial charge on any atom is 0.341 e. The highest BCUT2D eigenvalue weighted by Gasteiger charge is 2.12. The number of nitrogens with one attached hydrogen (secondary N) is 1. The average Bonchev–Trinajstić information content (AvgIpc) is 2.86. The number of amides is 1. The van der Waals surface area contributed by atoms with Crippen LogP contribution in [0.3, 0.4) is 0 Å². The highest BCUT2D eigenvalue weighted by atomic mass is 16.5. The molecule has 6 nitrogen and oxygen atoms in total. The van der Waals surface area contributed by atoms with Crippen LogP contribution in [0.25, 0.3) is 0 Å². The van der Waals surface area contributed by atoms with Gasteiger partial charge in [-0.25, -0.2) is 4.79 Å². The van der Waals surface area contributed by atoms with Crippen molar-refractivity contribution in [1.29, 1.82) is 0 Å². The van der Waals surface area contributed by atoms with Gasteiger partial charge in [-0.05, 0) is 31.0 Å². The summed E-state index contributed by atoms with van der Waals surface area (Å²) in [5.74, 6) is -0.916. The van der Waals surface area contributed by atoms with Crippen molar-refractivity contribution in [3.8, 4) is 5.75 Å². The molecule has 0 aliphatic heterocycles. The molecule has 1 aromatic rings. The number of hydrogen-bond donors (Lipinski definition) is 2. The van der Waals surface area contributed by atoms with Crippen molar-refractivity contribution in [1.82, 2.24) is 5.32 Å². The molecule has 6 heteroatoms. The molecule has 0 radical (unpaired) electrons. The van der Waals surface area contributed by atoms with Crippen LogP contribution < -0.4 is 10.1 Å². The van der Waals surface area contributed by atoms with Gasteiger partial charge in [0.25, 0.3) is 5.91 Å². The largest absolute Gasteiger partial charge is 0.482 e. The van der Waals surface area contributed by atoms with Crippen LogP contribution in [0.15, 0.2) is 24.3 Å². The van der Waals surface area contributed by atoms with Gasteiger partial charge in [-0.3, -0.25) is 4.79 Å². The van der Waals surface area contributed by atoms with E-state index < -0.39 is 12.6 Å². The Morgan fingerprint density at radius 3 is 2.62 bits per heavy atom. The van der Waals surface area contributed by atoms with Crippen molar-refractivity contribution >= 4 is 11.9 Å². The van der Waals surface area contributed by atoms with Crippen LogP contribution in [-0.4, -0.2) is 42.8 Å². The Bertz CT molecular complexity index is 538. The monoisotopic (exact) mass is 335 g/mol. The molecule has 1 fully saturated rings. The van der Waals surface area contributed by atoms with E-state index in [0.717, 1.165) is 12.8 Å². The van der Waals surface area contributed by atoms with Crippen molar-refractivity contribution in [2.45, 2.75) is 44.6 Å². The molecule has 0 atom stereocenters. The quantitative estimate of drug-likeness (QED) is 0.563. The maximum atomic E-state index is 12.1. The molecule has 0 aromatic heterocycles. The molecule has 0 bridgehead atoms. The predicted octanol–water partition coefficient (Wildman–Crippen LogP) is 2.62. The van der Waals surface area contributed by atoms with Crippen molar-refractivity contribution in [2.75, 3.05) is 19.8 Å². The van der Waals surface area contributed by atoms with Crippen molar-refractivity contribution in [3.05, 3.63) is 29.8 Å². The second-order valence-electron chi connectivity index (χ2n) is 5.95. The summed E-state index contributed by atoms with van der Waals surface area (Å²) in [5, 5.41) is 11.4. The molecule has 2 N–H and O–H groups in total. The first-order valence-electron chi connectivity index (χ1n) is 8.49. The van der Waals surface area contributed by atoms with Gasteiger partial charge in [0.2, 0.25) is 0 Å². The SMILES string of the molecule is O=C(O)COc1cccc(C(=O)NCCOC2CCCCCC2)c1. The van der Waals surface area contributed by atoms with Crippen molar-refractivity contribution < 1.29 is 24.2 Å². The standard InChI is InChI=1S/C18H25NO5/c20-17(21)13-24-16-9-5-6-14(12-16)18(22)19-10-11-23-15-7-3-1-2-4-8-15/h5-6,9,12,15H,1-4,7-8,10-11,13H2,(H,19,22)(H,20,21). The van der Waals surface area contributed by atoms with Crippen LogP contribution in [0.2, 0.25) is 0 Å². The molecule has 0 saturated heterocycles. The zero-order chi connectivity index (χ0) is 17.2. The van der Waals surface area contributed by atoms with E-state index in [1.54, 1.807) is 18.2 Å². The normalized spacial score (nSPS) is 15.5. The number of rotatable bonds is 8. The molecular formula is C18H25NO5. The highest BCUT2D eigenvalue weighted by molar-refractivity contribution is 5.94. The van der Waals surface area contributed by atoms with Gasteiger partial charge in [0.1, 0.15) is 5.75 Å². The summed E-state index contributed by atoms with van der Waals surface area (Å²) in [6, 6.07) is 6.47. The minimum absolute atomic E-state index is 0.222. The van der Waals surface area contributed by atoms with Crippen LogP contribution >= 0.6 is 0 Å². The fourth-order valence-electron chi connectivity index (χ4n) is 2.77. The third-order valence-corrected chi connectivity index (χ3v) is 4.00. The minimum Gasteiger partial charge on any atom is -0.482 e. The smallest absolute Gasteiger partial charge is 0.341 e. The first-order chi connectivity index (χ1) is 11.6. The lowest BCUT2D eigenvalue weighted by Crippen LogP contribution is -2.28. The van der Waals surface area contributed by atoms with E-state index in [-0.39, 0.29) is 5.91 Å². The highest BCUT2D eigenvalue weighted by Crippen LogP contribution is 2.19. The van der Waals surface area contributed by atoms with Crippen LogP contribution in [0.4, 0.5) is 0 Å². The number of carboxylic acid groups (broad SMARTS) is 1. The van der Waals surface area contributed by atoms with Crippen LogP contribution in [0, 0.1) is 0 Å². The molecule has 1 saturated carbocycles. The lowest BCUT2D eigenvalue weighted by molar-refractivity contribution is -0.139. The Labute approximate surface area is 142 Å². The third kappa shape index (κ3) is 6.58. The van der Waals surface area contributed by atoms with E-state index in [4.69, 9.17) is 14.6 Å². The molecule has 1 aliphatic carbocycles. The first kappa shape index (κ1) is 18.3. The maximum absolute atomic E-state index is 12.1. The van der Waals surface area contributed by atoms with Gasteiger partial charge in [0.05, 0.1) is 12.7 Å². The molecule has 1 aliphatic rings. The number of carbonyl (C=O) groups excluding carboxylic acids is 1. The number of carbonyl (C=O) groups is 2. The van der Waals surface area contributed by atoms with Gasteiger partial charge in [0.15, 0.2) is 6.61 Å². The van der Waals surface area contributed by atoms with Crippen molar-refractivity contribution in [3.63, 3.8) is 0 Å². The van der Waals surface area contributed by atoms with Crippen LogP contribution in [-0.2, 0) is 9.53 Å². The van der Waals surface area contributed by atoms with Gasteiger partial charge in [-0.2, -0.15) is 0 Å². The van der Waals surface area contributed by atoms with Gasteiger partial charge >= 0.3 is 5.97 Å². The minimum atomic E-state index is -1.06. The Kier molecular flexibility index (Phi) is 7.55. The van der Waals surface area contributed by atoms with Crippen molar-refractivity contribution in [2.24, 2.45) is 0 Å². The average molecular weight is 335 g/mol. The number of carboxylic acids is 1. The molecule has 0 spiro atoms. The van der Waals surface area contributed by atoms with E-state index in [2.05, 4.69) is 5.32 Å². The van der Waals surface area contributed by atoms with Gasteiger partial charge in [-0.15, -0.1) is 0 Å². The number of ether oxygens (including phenoxy) is 2. The van der Waals surface area contributed by atoms with E-state index in [1.807, 2.05) is 0 Å². The first-order valence-corrected chi connectivity index (χ1v) is 8.49. The number of aliphatic carboxylic acids is 1. The molecule has 0 heterocycles. The molecule has 0 unspecified atom stereocenters. The van der Waals surface area contributed by atoms with Crippen LogP contribution in [0.5, 0.6) is 5.75 Å². The summed E-state index contributed by atoms with van der Waals surface area (Å²) in [5.41, 5.74) is 0.437. The Morgan fingerprint density at radius 2 is 1.92 bits per heavy atom. The topological polar surface area (TPSA) is 84.9 Å². The fraction of sp³-hybridized carbons (Fsp3) is 0.556. The molecule has 1 aromatic carbocycles. The fourth-order valence-corrected chi connectivity index (χ4v) is 2.77. The van der Waals surface area contributed by atoms with Crippen LogP contribution in [0.1, 0.15) is 48.9 Å². The summed E-state index contributed by atoms with van der Waals surface area (Å²) in [7, 11) is 0. The molecular weight excluding hydrogens is 310 g/mol. The van der Waals surface area contributed by atoms with Gasteiger partial charge < -0.3 is 19.9 Å². The number of hydrogen-bond acceptors (Lipinski definition) is 4. The zero-order valence-electron chi connectivity index (χ0n) is 13.8. The summed E-state index contributed by atoms with van der Waals surface area (Å²) in [6.07, 6.45) is 7.55. The summed E-state index contributed by atoms with van der Waals surface area (Å²) < 4.78 is 10.9. The molecule has 2 rings (SSSR count). The lowest BCUT2D eigenvalue weighted by atomic mass is 10.1. The van der Waals surface area contributed by atoms with E-state index in [9.17, 15) is 9.59 Å². The third-order valence-electron chi connectivity index (χ3n) is 4.00. The Morgan fingerprint density at radius 1 is 1.17 bits per heavy atom. The molecule has 24 heavy (non-hydrogen) atoms. The molecule has 1 amide bonds. The van der Waals surface area contributed by atoms with E-state index in [1.165, 1.54) is 31.7 Å². The summed E-state index contributed by atoms with van der Waals surface area (Å²) in [4.78, 5) is 22.6. The predicted molar refractivity (Wildman–Crippen MR) is 89.3 cm³/mol. The number of benzene rings is 1. The lowest BCUT2D eigenvalue weighted by Gasteiger charge is -2.15. The summed E-state index contributed by atoms with van der Waals surface area (Å²) >= 11 is 0. The van der Waals surface area contributed by atoms with E-state index in [0.29, 0.717) is 30.6 Å². The second-order valence-corrected chi connectivity index (χ2v) is 5.95. The second kappa shape index (κ2) is 9.93. The Hall–Kier alpha value is -2.08. The zero-order valence-corrected chi connectivity index (χ0v) is 13.8. The van der Waals surface area contributed by atoms with Gasteiger partial charge in [-0.1, -0.05) is 31.7 Å². The Balaban J connectivity index is 1.71. The molecule has 132 valence electrons.